The lowest BCUT2D eigenvalue weighted by molar-refractivity contribution is 0.181. The number of aryl methyl sites for hydroxylation is 1. The third-order valence-electron chi connectivity index (χ3n) is 8.46. The zero-order valence-electron chi connectivity index (χ0n) is 21.8. The molecule has 3 aliphatic heterocycles. The third kappa shape index (κ3) is 3.61. The van der Waals surface area contributed by atoms with Crippen molar-refractivity contribution < 1.29 is 4.74 Å². The van der Waals surface area contributed by atoms with Gasteiger partial charge in [0.25, 0.3) is 0 Å². The van der Waals surface area contributed by atoms with E-state index in [1.807, 2.05) is 6.07 Å². The number of aromatic amines is 1. The Kier molecular flexibility index (Phi) is 5.05. The second-order valence-corrected chi connectivity index (χ2v) is 11.2. The highest BCUT2D eigenvalue weighted by Crippen LogP contribution is 2.46. The number of nitrogens with zero attached hydrogens (tertiary/aromatic N) is 5. The zero-order valence-corrected chi connectivity index (χ0v) is 21.8. The van der Waals surface area contributed by atoms with Crippen LogP contribution in [0.1, 0.15) is 57.7 Å². The molecule has 2 N–H and O–H groups in total. The Bertz CT molecular complexity index is 1410. The molecule has 4 heterocycles. The van der Waals surface area contributed by atoms with Crippen LogP contribution in [0.4, 0.5) is 0 Å². The second-order valence-electron chi connectivity index (χ2n) is 11.2. The summed E-state index contributed by atoms with van der Waals surface area (Å²) < 4.78 is 6.00. The first-order valence-electron chi connectivity index (χ1n) is 13.4. The summed E-state index contributed by atoms with van der Waals surface area (Å²) in [5.41, 5.74) is 7.26. The monoisotopic (exact) mass is 495 g/mol. The largest absolute Gasteiger partial charge is 0.365 e. The predicted molar refractivity (Wildman–Crippen MR) is 143 cm³/mol. The van der Waals surface area contributed by atoms with Crippen LogP contribution < -0.4 is 5.32 Å². The number of benzene rings is 2. The fourth-order valence-corrected chi connectivity index (χ4v) is 6.57. The van der Waals surface area contributed by atoms with Crippen molar-refractivity contribution in [3.05, 3.63) is 65.4 Å². The Balaban J connectivity index is 1.21. The van der Waals surface area contributed by atoms with Gasteiger partial charge in [0.2, 0.25) is 5.82 Å². The molecule has 0 amide bonds. The number of epoxide rings is 1. The smallest absolute Gasteiger partial charge is 0.205 e. The van der Waals surface area contributed by atoms with Gasteiger partial charge >= 0.3 is 0 Å². The van der Waals surface area contributed by atoms with Crippen LogP contribution in [0.2, 0.25) is 0 Å². The van der Waals surface area contributed by atoms with E-state index in [4.69, 9.17) is 9.73 Å². The Hall–Kier alpha value is -3.52. The molecule has 0 bridgehead atoms. The highest BCUT2D eigenvalue weighted by Gasteiger charge is 2.54. The molecule has 4 aliphatic rings. The molecule has 1 fully saturated rings. The summed E-state index contributed by atoms with van der Waals surface area (Å²) in [6.07, 6.45) is 5.75. The minimum absolute atomic E-state index is 0.0859. The van der Waals surface area contributed by atoms with E-state index in [2.05, 4.69) is 101 Å². The summed E-state index contributed by atoms with van der Waals surface area (Å²) in [6.45, 7) is 8.85. The van der Waals surface area contributed by atoms with Gasteiger partial charge in [0.15, 0.2) is 0 Å². The lowest BCUT2D eigenvalue weighted by atomic mass is 9.91. The average Bonchev–Trinajstić information content (AvgIpc) is 3.38. The van der Waals surface area contributed by atoms with Gasteiger partial charge in [0.05, 0.1) is 17.7 Å². The number of ether oxygens (including phenoxy) is 1. The number of amidine groups is 1. The quantitative estimate of drug-likeness (QED) is 0.501. The molecule has 37 heavy (non-hydrogen) atoms. The molecule has 7 rings (SSSR count). The molecule has 1 saturated heterocycles. The van der Waals surface area contributed by atoms with E-state index < -0.39 is 0 Å². The van der Waals surface area contributed by atoms with E-state index >= 15 is 0 Å². The minimum atomic E-state index is -0.0859. The van der Waals surface area contributed by atoms with E-state index in [0.717, 1.165) is 30.4 Å². The van der Waals surface area contributed by atoms with Crippen LogP contribution in [0.15, 0.2) is 59.2 Å². The number of tetrazole rings is 1. The van der Waals surface area contributed by atoms with Gasteiger partial charge in [-0.2, -0.15) is 5.21 Å². The van der Waals surface area contributed by atoms with Gasteiger partial charge in [0.1, 0.15) is 18.1 Å². The molecular formula is C29H33N7O. The second kappa shape index (κ2) is 8.25. The number of fused-ring (bicyclic) bond motifs is 2. The van der Waals surface area contributed by atoms with Crippen LogP contribution in [-0.2, 0) is 11.2 Å². The van der Waals surface area contributed by atoms with Gasteiger partial charge < -0.3 is 15.0 Å². The van der Waals surface area contributed by atoms with Crippen molar-refractivity contribution in [2.45, 2.75) is 76.9 Å². The maximum absolute atomic E-state index is 6.00. The summed E-state index contributed by atoms with van der Waals surface area (Å²) in [4.78, 5) is 7.82. The van der Waals surface area contributed by atoms with Gasteiger partial charge in [-0.15, -0.1) is 10.2 Å². The van der Waals surface area contributed by atoms with Gasteiger partial charge in [-0.3, -0.25) is 4.99 Å². The van der Waals surface area contributed by atoms with E-state index in [0.29, 0.717) is 17.8 Å². The highest BCUT2D eigenvalue weighted by molar-refractivity contribution is 5.85. The molecule has 0 radical (unpaired) electrons. The first-order valence-corrected chi connectivity index (χ1v) is 13.4. The maximum Gasteiger partial charge on any atom is 0.205 e. The van der Waals surface area contributed by atoms with Crippen LogP contribution in [-0.4, -0.2) is 55.3 Å². The Morgan fingerprint density at radius 3 is 2.68 bits per heavy atom. The molecule has 1 aliphatic carbocycles. The number of nitrogens with one attached hydrogen (secondary N) is 2. The Morgan fingerprint density at radius 2 is 1.95 bits per heavy atom. The molecule has 3 aromatic rings. The van der Waals surface area contributed by atoms with E-state index in [1.165, 1.54) is 28.2 Å². The van der Waals surface area contributed by atoms with Gasteiger partial charge in [0, 0.05) is 23.6 Å². The van der Waals surface area contributed by atoms with Crippen LogP contribution in [0.3, 0.4) is 0 Å². The average molecular weight is 496 g/mol. The molecule has 2 aromatic carbocycles. The van der Waals surface area contributed by atoms with Crippen molar-refractivity contribution >= 4 is 5.84 Å². The normalized spacial score (nSPS) is 29.3. The lowest BCUT2D eigenvalue weighted by Crippen LogP contribution is -2.54. The van der Waals surface area contributed by atoms with Crippen molar-refractivity contribution in [3.8, 4) is 22.5 Å². The summed E-state index contributed by atoms with van der Waals surface area (Å²) in [7, 11) is 0. The van der Waals surface area contributed by atoms with Crippen molar-refractivity contribution in [1.29, 1.82) is 0 Å². The van der Waals surface area contributed by atoms with Crippen LogP contribution in [0.5, 0.6) is 0 Å². The fourth-order valence-electron chi connectivity index (χ4n) is 6.57. The van der Waals surface area contributed by atoms with E-state index in [1.54, 1.807) is 0 Å². The number of rotatable bonds is 5. The minimum Gasteiger partial charge on any atom is -0.365 e. The van der Waals surface area contributed by atoms with Crippen molar-refractivity contribution in [3.63, 3.8) is 0 Å². The van der Waals surface area contributed by atoms with Crippen LogP contribution in [0.25, 0.3) is 22.5 Å². The third-order valence-corrected chi connectivity index (χ3v) is 8.46. The molecular weight excluding hydrogens is 462 g/mol. The zero-order chi connectivity index (χ0) is 25.3. The topological polar surface area (TPSA) is 94.6 Å². The molecule has 0 spiro atoms. The first kappa shape index (κ1) is 22.7. The molecule has 8 heteroatoms. The van der Waals surface area contributed by atoms with Crippen molar-refractivity contribution in [2.75, 3.05) is 0 Å². The molecule has 190 valence electrons. The van der Waals surface area contributed by atoms with E-state index in [-0.39, 0.29) is 23.9 Å². The SMILES string of the molecule is CCC1=NC2C(C)C=C(C3OC3(C)C)NC2N1[C@H]1CCc2cc(-c3ccccc3-c3nn[nH]n3)ccc21. The molecule has 0 saturated carbocycles. The molecule has 4 unspecified atom stereocenters. The predicted octanol–water partition coefficient (Wildman–Crippen LogP) is 4.64. The van der Waals surface area contributed by atoms with Crippen LogP contribution >= 0.6 is 0 Å². The number of aliphatic imine (C=N–C) groups is 1. The van der Waals surface area contributed by atoms with Gasteiger partial charge in [-0.25, -0.2) is 0 Å². The molecule has 8 nitrogen and oxygen atoms in total. The van der Waals surface area contributed by atoms with Crippen LogP contribution in [0, 0.1) is 5.92 Å². The van der Waals surface area contributed by atoms with Crippen molar-refractivity contribution in [2.24, 2.45) is 10.9 Å². The Labute approximate surface area is 217 Å². The highest BCUT2D eigenvalue weighted by atomic mass is 16.6. The summed E-state index contributed by atoms with van der Waals surface area (Å²) in [5.74, 6) is 2.20. The molecule has 1 aromatic heterocycles. The fraction of sp³-hybridized carbons (Fsp3) is 0.448. The number of aromatic nitrogens is 4. The summed E-state index contributed by atoms with van der Waals surface area (Å²) in [5, 5.41) is 18.6. The number of hydrogen-bond acceptors (Lipinski definition) is 7. The standard InChI is InChI=1S/C29H33N7O/c1-5-24-31-25-16(2)14-22(26-29(3,4)37-26)30-28(25)36(24)23-13-11-18-15-17(10-12-20(18)23)19-8-6-7-9-21(19)27-32-34-35-33-27/h6-10,12,14-16,23,25-26,28,30H,5,11,13H2,1-4H3,(H,32,33,34,35)/t16?,23-,25?,26?,28?/m0/s1. The summed E-state index contributed by atoms with van der Waals surface area (Å²) >= 11 is 0. The first-order chi connectivity index (χ1) is 17.9. The maximum atomic E-state index is 6.00. The van der Waals surface area contributed by atoms with E-state index in [9.17, 15) is 0 Å². The van der Waals surface area contributed by atoms with Gasteiger partial charge in [-0.1, -0.05) is 62.4 Å². The lowest BCUT2D eigenvalue weighted by Gasteiger charge is -2.40. The summed E-state index contributed by atoms with van der Waals surface area (Å²) in [6, 6.07) is 15.7. The van der Waals surface area contributed by atoms with Crippen molar-refractivity contribution in [1.82, 2.24) is 30.8 Å². The van der Waals surface area contributed by atoms with Gasteiger partial charge in [-0.05, 0) is 54.2 Å². The number of H-pyrrole nitrogens is 1. The Morgan fingerprint density at radius 1 is 1.14 bits per heavy atom. The molecule has 5 atom stereocenters. The number of hydrogen-bond donors (Lipinski definition) is 2.